The summed E-state index contributed by atoms with van der Waals surface area (Å²) in [4.78, 5) is 0. The molecule has 1 nitrogen and oxygen atoms in total. The fraction of sp³-hybridized carbons (Fsp3) is 0.867. The van der Waals surface area contributed by atoms with Gasteiger partial charge in [-0.05, 0) is 31.4 Å². The molecule has 1 rings (SSSR count). The van der Waals surface area contributed by atoms with Gasteiger partial charge in [-0.25, -0.2) is 0 Å². The summed E-state index contributed by atoms with van der Waals surface area (Å²) in [6.07, 6.45) is 38.9. The van der Waals surface area contributed by atoms with E-state index in [1.54, 1.807) is 0 Å². The van der Waals surface area contributed by atoms with Crippen LogP contribution in [0.15, 0.2) is 23.5 Å². The fourth-order valence-corrected chi connectivity index (χ4v) is 4.81. The maximum Gasteiger partial charge on any atom is 0.0405 e. The summed E-state index contributed by atoms with van der Waals surface area (Å²) < 4.78 is 0. The molecule has 1 aliphatic heterocycles. The van der Waals surface area contributed by atoms with Crippen LogP contribution in [0.3, 0.4) is 0 Å². The van der Waals surface area contributed by atoms with Crippen molar-refractivity contribution in [3.05, 3.63) is 23.5 Å². The van der Waals surface area contributed by atoms with Crippen LogP contribution in [0.1, 0.15) is 168 Å². The molecular weight excluding hydrogens is 374 g/mol. The molecule has 1 heteroatoms. The molecule has 31 heavy (non-hydrogen) atoms. The van der Waals surface area contributed by atoms with E-state index in [2.05, 4.69) is 25.2 Å². The summed E-state index contributed by atoms with van der Waals surface area (Å²) in [6, 6.07) is 0. The molecule has 0 saturated heterocycles. The van der Waals surface area contributed by atoms with Crippen molar-refractivity contribution in [2.45, 2.75) is 168 Å². The first-order valence-corrected chi connectivity index (χ1v) is 14.4. The number of nitrogens with zero attached hydrogens (tertiary/aromatic N) is 1. The van der Waals surface area contributed by atoms with Gasteiger partial charge in [0.05, 0.1) is 0 Å². The molecule has 0 N–H and O–H groups in total. The topological polar surface area (TPSA) is 14.1 Å². The van der Waals surface area contributed by atoms with Crippen LogP contribution in [0.25, 0.3) is 0 Å². The van der Waals surface area contributed by atoms with Crippen LogP contribution in [0.4, 0.5) is 0 Å². The first-order valence-electron chi connectivity index (χ1n) is 14.4. The van der Waals surface area contributed by atoms with Crippen LogP contribution in [0, 0.1) is 0 Å². The molecule has 0 unspecified atom stereocenters. The maximum atomic E-state index is 4.33. The van der Waals surface area contributed by atoms with Crippen LogP contribution in [-0.2, 0) is 0 Å². The van der Waals surface area contributed by atoms with Gasteiger partial charge in [-0.1, -0.05) is 148 Å². The molecule has 1 aliphatic rings. The second-order valence-electron chi connectivity index (χ2n) is 10.1. The van der Waals surface area contributed by atoms with Crippen molar-refractivity contribution < 1.29 is 0 Å². The van der Waals surface area contributed by atoms with Gasteiger partial charge in [0.1, 0.15) is 0 Å². The predicted molar refractivity (Wildman–Crippen MR) is 140 cm³/mol. The Balaban J connectivity index is 1.65. The van der Waals surface area contributed by atoms with E-state index in [4.69, 9.17) is 0 Å². The van der Waals surface area contributed by atoms with Crippen molar-refractivity contribution in [3.63, 3.8) is 0 Å². The lowest BCUT2D eigenvalue weighted by molar-refractivity contribution is 0.518. The molecule has 181 valence electrons. The van der Waals surface area contributed by atoms with Crippen molar-refractivity contribution in [1.29, 1.82) is 0 Å². The van der Waals surface area contributed by atoms with Crippen LogP contribution in [-0.4, -0.2) is 0 Å². The third-order valence-electron chi connectivity index (χ3n) is 7.06. The number of unbranched alkanes of at least 4 members (excludes halogenated alkanes) is 22. The molecule has 1 radical (unpaired) electrons. The summed E-state index contributed by atoms with van der Waals surface area (Å²) in [5.41, 5.74) is 2.70. The zero-order chi connectivity index (χ0) is 22.2. The monoisotopic (exact) mass is 430 g/mol. The van der Waals surface area contributed by atoms with Gasteiger partial charge in [-0.15, -0.1) is 0 Å². The minimum Gasteiger partial charge on any atom is -0.261 e. The van der Waals surface area contributed by atoms with Crippen molar-refractivity contribution in [3.8, 4) is 0 Å². The third-order valence-corrected chi connectivity index (χ3v) is 7.06. The molecule has 0 amide bonds. The van der Waals surface area contributed by atoms with Gasteiger partial charge in [0.15, 0.2) is 0 Å². The molecule has 0 aromatic heterocycles. The second kappa shape index (κ2) is 22.5. The van der Waals surface area contributed by atoms with Crippen LogP contribution >= 0.6 is 0 Å². The van der Waals surface area contributed by atoms with Crippen molar-refractivity contribution >= 4 is 0 Å². The Morgan fingerprint density at radius 3 is 1.10 bits per heavy atom. The quantitative estimate of drug-likeness (QED) is 0.135. The van der Waals surface area contributed by atoms with Gasteiger partial charge in [0, 0.05) is 11.9 Å². The van der Waals surface area contributed by atoms with Gasteiger partial charge < -0.3 is 0 Å². The number of rotatable bonds is 24. The Kier molecular flexibility index (Phi) is 20.5. The second-order valence-corrected chi connectivity index (χ2v) is 10.1. The predicted octanol–water partition coefficient (Wildman–Crippen LogP) is 10.8. The van der Waals surface area contributed by atoms with E-state index in [-0.39, 0.29) is 0 Å². The highest BCUT2D eigenvalue weighted by atomic mass is 14.9. The van der Waals surface area contributed by atoms with Gasteiger partial charge >= 0.3 is 0 Å². The highest BCUT2D eigenvalue weighted by Crippen LogP contribution is 2.19. The minimum atomic E-state index is 1.23. The van der Waals surface area contributed by atoms with E-state index in [0.29, 0.717) is 0 Å². The molecule has 0 aliphatic carbocycles. The smallest absolute Gasteiger partial charge is 0.0405 e. The standard InChI is InChI=1S/C30H56N/c1-3-4-5-6-7-8-9-10-11-12-13-14-15-16-17-18-19-20-21-22-23-24-25-26-30-27-28-31-29(30)2/h27-28H,3-26H2,1-2H3. The van der Waals surface area contributed by atoms with Crippen LogP contribution < -0.4 is 5.32 Å². The molecule has 0 aromatic rings. The van der Waals surface area contributed by atoms with E-state index in [1.807, 2.05) is 6.20 Å². The highest BCUT2D eigenvalue weighted by Gasteiger charge is 2.04. The molecule has 0 saturated carbocycles. The number of hydrogen-bond acceptors (Lipinski definition) is 0. The number of allylic oxidation sites excluding steroid dienone is 3. The lowest BCUT2D eigenvalue weighted by Crippen LogP contribution is -1.89. The van der Waals surface area contributed by atoms with Gasteiger partial charge in [-0.2, -0.15) is 0 Å². The van der Waals surface area contributed by atoms with E-state index in [9.17, 15) is 0 Å². The fourth-order valence-electron chi connectivity index (χ4n) is 4.81. The minimum absolute atomic E-state index is 1.23. The third kappa shape index (κ3) is 18.5. The van der Waals surface area contributed by atoms with Gasteiger partial charge in [-0.3, -0.25) is 5.32 Å². The van der Waals surface area contributed by atoms with Gasteiger partial charge in [0.25, 0.3) is 0 Å². The zero-order valence-electron chi connectivity index (χ0n) is 21.6. The first kappa shape index (κ1) is 28.3. The van der Waals surface area contributed by atoms with E-state index in [1.165, 1.54) is 165 Å². The zero-order valence-corrected chi connectivity index (χ0v) is 21.6. The molecule has 1 heterocycles. The molecule has 0 bridgehead atoms. The molecule has 0 spiro atoms. The van der Waals surface area contributed by atoms with Crippen molar-refractivity contribution in [2.75, 3.05) is 0 Å². The summed E-state index contributed by atoms with van der Waals surface area (Å²) >= 11 is 0. The number of hydrogen-bond donors (Lipinski definition) is 0. The van der Waals surface area contributed by atoms with Gasteiger partial charge in [0.2, 0.25) is 0 Å². The SMILES string of the molecule is CCCCCCCCCCCCCCCCCCCCCCCCCC1=C(C)[N]C=C1. The lowest BCUT2D eigenvalue weighted by Gasteiger charge is -2.04. The summed E-state index contributed by atoms with van der Waals surface area (Å²) in [5.74, 6) is 0. The Bertz CT molecular complexity index is 434. The summed E-state index contributed by atoms with van der Waals surface area (Å²) in [7, 11) is 0. The van der Waals surface area contributed by atoms with Crippen LogP contribution in [0.5, 0.6) is 0 Å². The lowest BCUT2D eigenvalue weighted by atomic mass is 10.0. The summed E-state index contributed by atoms with van der Waals surface area (Å²) in [5, 5.41) is 4.33. The average Bonchev–Trinajstić information content (AvgIpc) is 3.19. The first-order chi connectivity index (χ1) is 15.3. The van der Waals surface area contributed by atoms with Crippen molar-refractivity contribution in [1.82, 2.24) is 5.32 Å². The largest absolute Gasteiger partial charge is 0.261 e. The van der Waals surface area contributed by atoms with E-state index >= 15 is 0 Å². The van der Waals surface area contributed by atoms with Crippen molar-refractivity contribution in [2.24, 2.45) is 0 Å². The normalized spacial score (nSPS) is 13.4. The summed E-state index contributed by atoms with van der Waals surface area (Å²) in [6.45, 7) is 4.44. The Morgan fingerprint density at radius 1 is 0.484 bits per heavy atom. The highest BCUT2D eigenvalue weighted by molar-refractivity contribution is 5.29. The Morgan fingerprint density at radius 2 is 0.806 bits per heavy atom. The molecule has 0 aromatic carbocycles. The van der Waals surface area contributed by atoms with Crippen LogP contribution in [0.2, 0.25) is 0 Å². The Labute approximate surface area is 196 Å². The van der Waals surface area contributed by atoms with E-state index < -0.39 is 0 Å². The Hall–Kier alpha value is -0.720. The molecule has 0 fully saturated rings. The molecule has 0 atom stereocenters. The molecular formula is C30H56N. The average molecular weight is 431 g/mol. The van der Waals surface area contributed by atoms with E-state index in [0.717, 1.165) is 0 Å². The maximum absolute atomic E-state index is 4.33.